The third-order valence-electron chi connectivity index (χ3n) is 5.55. The summed E-state index contributed by atoms with van der Waals surface area (Å²) >= 11 is 0. The highest BCUT2D eigenvalue weighted by molar-refractivity contribution is 5.81. The van der Waals surface area contributed by atoms with Crippen LogP contribution in [0.15, 0.2) is 78.4 Å². The molecular weight excluding hydrogens is 420 g/mol. The van der Waals surface area contributed by atoms with Gasteiger partial charge < -0.3 is 10.2 Å². The van der Waals surface area contributed by atoms with Crippen molar-refractivity contribution in [2.75, 3.05) is 24.5 Å². The van der Waals surface area contributed by atoms with Gasteiger partial charge in [0.25, 0.3) is 5.56 Å². The summed E-state index contributed by atoms with van der Waals surface area (Å²) in [6, 6.07) is 14.7. The Kier molecular flexibility index (Phi) is 5.62. The topological polar surface area (TPSA) is 111 Å². The van der Waals surface area contributed by atoms with Crippen molar-refractivity contribution >= 4 is 11.7 Å². The summed E-state index contributed by atoms with van der Waals surface area (Å²) in [4.78, 5) is 39.8. The predicted molar refractivity (Wildman–Crippen MR) is 122 cm³/mol. The standard InChI is InChI=1S/C23H22N8O2/c32-22-11-19(17-5-2-1-3-6-17)27-16-29(22)10-8-24-23(33)18-13-30(14-18)20-12-21(26-15-25-20)31-9-4-7-28-31/h1-7,9,11-12,15-16,18H,8,10,13-14H2,(H,24,33). The molecular formula is C23H22N8O2. The number of carbonyl (C=O) groups is 1. The van der Waals surface area contributed by atoms with Gasteiger partial charge in [-0.2, -0.15) is 5.10 Å². The van der Waals surface area contributed by atoms with Crippen molar-refractivity contribution < 1.29 is 4.79 Å². The maximum atomic E-state index is 12.5. The van der Waals surface area contributed by atoms with Gasteiger partial charge in [0.2, 0.25) is 5.91 Å². The normalized spacial score (nSPS) is 13.5. The van der Waals surface area contributed by atoms with Gasteiger partial charge in [-0.05, 0) is 6.07 Å². The molecule has 0 bridgehead atoms. The van der Waals surface area contributed by atoms with Crippen molar-refractivity contribution in [3.05, 3.63) is 83.9 Å². The predicted octanol–water partition coefficient (Wildman–Crippen LogP) is 1.14. The average Bonchev–Trinajstić information content (AvgIpc) is 3.35. The molecule has 10 nitrogen and oxygen atoms in total. The summed E-state index contributed by atoms with van der Waals surface area (Å²) in [5.74, 6) is 1.28. The minimum atomic E-state index is -0.148. The van der Waals surface area contributed by atoms with Crippen LogP contribution in [0.25, 0.3) is 17.1 Å². The molecule has 1 amide bonds. The first-order valence-corrected chi connectivity index (χ1v) is 10.6. The molecule has 5 rings (SSSR count). The summed E-state index contributed by atoms with van der Waals surface area (Å²) in [5.41, 5.74) is 1.38. The molecule has 1 saturated heterocycles. The van der Waals surface area contributed by atoms with Crippen molar-refractivity contribution in [3.8, 4) is 17.1 Å². The van der Waals surface area contributed by atoms with Crippen molar-refractivity contribution in [3.63, 3.8) is 0 Å². The molecule has 33 heavy (non-hydrogen) atoms. The maximum Gasteiger partial charge on any atom is 0.253 e. The lowest BCUT2D eigenvalue weighted by Gasteiger charge is -2.39. The van der Waals surface area contributed by atoms with Gasteiger partial charge in [0.1, 0.15) is 12.1 Å². The van der Waals surface area contributed by atoms with E-state index in [0.29, 0.717) is 37.7 Å². The quantitative estimate of drug-likeness (QED) is 0.457. The Morgan fingerprint density at radius 3 is 2.61 bits per heavy atom. The number of nitrogens with one attached hydrogen (secondary N) is 1. The van der Waals surface area contributed by atoms with Crippen LogP contribution in [-0.4, -0.2) is 54.8 Å². The summed E-state index contributed by atoms with van der Waals surface area (Å²) in [7, 11) is 0. The van der Waals surface area contributed by atoms with Crippen LogP contribution in [0.3, 0.4) is 0 Å². The summed E-state index contributed by atoms with van der Waals surface area (Å²) in [6.45, 7) is 1.88. The van der Waals surface area contributed by atoms with E-state index in [2.05, 4.69) is 25.4 Å². The highest BCUT2D eigenvalue weighted by Crippen LogP contribution is 2.23. The number of anilines is 1. The Balaban J connectivity index is 1.11. The molecule has 4 heterocycles. The van der Waals surface area contributed by atoms with Gasteiger partial charge in [0.05, 0.1) is 17.9 Å². The Morgan fingerprint density at radius 2 is 1.85 bits per heavy atom. The molecule has 1 aliphatic rings. The third kappa shape index (κ3) is 4.49. The van der Waals surface area contributed by atoms with Gasteiger partial charge >= 0.3 is 0 Å². The fourth-order valence-corrected chi connectivity index (χ4v) is 3.68. The van der Waals surface area contributed by atoms with Crippen molar-refractivity contribution in [1.29, 1.82) is 0 Å². The highest BCUT2D eigenvalue weighted by Gasteiger charge is 2.33. The van der Waals surface area contributed by atoms with Crippen molar-refractivity contribution in [2.45, 2.75) is 6.54 Å². The Labute approximate surface area is 189 Å². The Hall–Kier alpha value is -4.34. The molecule has 1 N–H and O–H groups in total. The van der Waals surface area contributed by atoms with Crippen LogP contribution >= 0.6 is 0 Å². The minimum absolute atomic E-state index is 0.0329. The van der Waals surface area contributed by atoms with E-state index in [1.54, 1.807) is 10.9 Å². The van der Waals surface area contributed by atoms with E-state index in [0.717, 1.165) is 11.4 Å². The van der Waals surface area contributed by atoms with Crippen LogP contribution in [0.2, 0.25) is 0 Å². The molecule has 1 aromatic carbocycles. The first-order valence-electron chi connectivity index (χ1n) is 10.6. The van der Waals surface area contributed by atoms with Crippen molar-refractivity contribution in [2.24, 2.45) is 5.92 Å². The first kappa shape index (κ1) is 20.6. The molecule has 0 saturated carbocycles. The SMILES string of the molecule is O=C(NCCn1cnc(-c2ccccc2)cc1=O)C1CN(c2cc(-n3cccn3)ncn2)C1. The van der Waals surface area contributed by atoms with E-state index in [-0.39, 0.29) is 17.4 Å². The van der Waals surface area contributed by atoms with Crippen LogP contribution in [-0.2, 0) is 11.3 Å². The van der Waals surface area contributed by atoms with Crippen LogP contribution < -0.4 is 15.8 Å². The van der Waals surface area contributed by atoms with E-state index >= 15 is 0 Å². The fraction of sp³-hybridized carbons (Fsp3) is 0.217. The second-order valence-electron chi connectivity index (χ2n) is 7.75. The number of benzene rings is 1. The Morgan fingerprint density at radius 1 is 1.03 bits per heavy atom. The van der Waals surface area contributed by atoms with Crippen molar-refractivity contribution in [1.82, 2.24) is 34.6 Å². The lowest BCUT2D eigenvalue weighted by molar-refractivity contribution is -0.125. The van der Waals surface area contributed by atoms with E-state index < -0.39 is 0 Å². The number of hydrogen-bond donors (Lipinski definition) is 1. The molecule has 0 radical (unpaired) electrons. The number of rotatable bonds is 7. The number of nitrogens with zero attached hydrogens (tertiary/aromatic N) is 7. The van der Waals surface area contributed by atoms with Gasteiger partial charge in [-0.15, -0.1) is 0 Å². The van der Waals surface area contributed by atoms with Gasteiger partial charge in [0, 0.05) is 56.3 Å². The molecule has 4 aromatic rings. The molecule has 0 aliphatic carbocycles. The second kappa shape index (κ2) is 9.03. The van der Waals surface area contributed by atoms with E-state index in [4.69, 9.17) is 0 Å². The zero-order chi connectivity index (χ0) is 22.6. The third-order valence-corrected chi connectivity index (χ3v) is 5.55. The minimum Gasteiger partial charge on any atom is -0.355 e. The molecule has 0 atom stereocenters. The number of amides is 1. The largest absolute Gasteiger partial charge is 0.355 e. The van der Waals surface area contributed by atoms with Crippen LogP contribution in [0, 0.1) is 5.92 Å². The van der Waals surface area contributed by atoms with Gasteiger partial charge in [-0.1, -0.05) is 30.3 Å². The average molecular weight is 442 g/mol. The number of hydrogen-bond acceptors (Lipinski definition) is 7. The molecule has 0 unspecified atom stereocenters. The van der Waals surface area contributed by atoms with E-state index in [1.807, 2.05) is 53.6 Å². The summed E-state index contributed by atoms with van der Waals surface area (Å²) in [5, 5.41) is 7.09. The zero-order valence-corrected chi connectivity index (χ0v) is 17.8. The maximum absolute atomic E-state index is 12.5. The fourth-order valence-electron chi connectivity index (χ4n) is 3.68. The molecule has 1 aliphatic heterocycles. The zero-order valence-electron chi connectivity index (χ0n) is 17.8. The monoisotopic (exact) mass is 442 g/mol. The highest BCUT2D eigenvalue weighted by atomic mass is 16.2. The second-order valence-corrected chi connectivity index (χ2v) is 7.75. The number of carbonyl (C=O) groups excluding carboxylic acids is 1. The van der Waals surface area contributed by atoms with Gasteiger partial charge in [-0.25, -0.2) is 19.6 Å². The lowest BCUT2D eigenvalue weighted by Crippen LogP contribution is -2.54. The number of aromatic nitrogens is 6. The molecule has 3 aromatic heterocycles. The summed E-state index contributed by atoms with van der Waals surface area (Å²) < 4.78 is 3.16. The van der Waals surface area contributed by atoms with Crippen LogP contribution in [0.5, 0.6) is 0 Å². The molecule has 1 fully saturated rings. The lowest BCUT2D eigenvalue weighted by atomic mass is 9.99. The van der Waals surface area contributed by atoms with E-state index in [1.165, 1.54) is 23.3 Å². The van der Waals surface area contributed by atoms with Gasteiger partial charge in [0.15, 0.2) is 5.82 Å². The summed E-state index contributed by atoms with van der Waals surface area (Å²) in [6.07, 6.45) is 6.52. The van der Waals surface area contributed by atoms with E-state index in [9.17, 15) is 9.59 Å². The molecule has 10 heteroatoms. The molecule has 166 valence electrons. The Bertz CT molecular complexity index is 1300. The smallest absolute Gasteiger partial charge is 0.253 e. The van der Waals surface area contributed by atoms with Gasteiger partial charge in [-0.3, -0.25) is 14.2 Å². The van der Waals surface area contributed by atoms with Crippen LogP contribution in [0.1, 0.15) is 0 Å². The first-order chi connectivity index (χ1) is 16.2. The van der Waals surface area contributed by atoms with Crippen LogP contribution in [0.4, 0.5) is 5.82 Å². The molecule has 0 spiro atoms.